The van der Waals surface area contributed by atoms with E-state index in [-0.39, 0.29) is 0 Å². The van der Waals surface area contributed by atoms with Crippen LogP contribution in [-0.2, 0) is 9.98 Å². The summed E-state index contributed by atoms with van der Waals surface area (Å²) in [6.45, 7) is 0. The zero-order chi connectivity index (χ0) is 38.6. The molecule has 1 spiro atoms. The summed E-state index contributed by atoms with van der Waals surface area (Å²) in [4.78, 5) is 0. The molecule has 0 bridgehead atoms. The van der Waals surface area contributed by atoms with E-state index in [0.29, 0.717) is 0 Å². The standard InChI is InChI=1S/C55H32NO2P/c57-59(33-15-2-1-3-16-33)50-30-11-6-18-35(50)40-31-45-41(32-51(40)59)52-36(37-21-14-29-49-53(37)39-19-5-10-28-48(39)58-49)20-12-24-43(52)55(45)42-23-7-9-27-47(42)56-46-26-8-4-17-34(46)38-22-13-25-44(55)54(38)56/h1-32H/t55?,59-/m0/s1. The molecule has 0 saturated carbocycles. The Hall–Kier alpha value is -7.19. The Balaban J connectivity index is 1.20. The lowest BCUT2D eigenvalue weighted by molar-refractivity contribution is 0.593. The molecular formula is C55H32NO2P. The number of benzene rings is 9. The molecule has 2 aliphatic heterocycles. The third-order valence-corrected chi connectivity index (χ3v) is 16.8. The molecule has 4 heteroatoms. The minimum absolute atomic E-state index is 0.684. The van der Waals surface area contributed by atoms with Crippen LogP contribution >= 0.6 is 7.14 Å². The zero-order valence-electron chi connectivity index (χ0n) is 31.7. The highest BCUT2D eigenvalue weighted by Crippen LogP contribution is 2.65. The van der Waals surface area contributed by atoms with Gasteiger partial charge in [-0.25, -0.2) is 0 Å². The second kappa shape index (κ2) is 11.0. The molecule has 0 N–H and O–H groups in total. The number of hydrogen-bond donors (Lipinski definition) is 0. The molecule has 3 nitrogen and oxygen atoms in total. The second-order valence-corrected chi connectivity index (χ2v) is 18.9. The lowest BCUT2D eigenvalue weighted by Crippen LogP contribution is -2.33. The highest BCUT2D eigenvalue weighted by Gasteiger charge is 2.53. The lowest BCUT2D eigenvalue weighted by Gasteiger charge is -2.39. The van der Waals surface area contributed by atoms with E-state index in [1.807, 2.05) is 42.5 Å². The first kappa shape index (κ1) is 31.8. The first-order chi connectivity index (χ1) is 29.2. The molecule has 0 fully saturated rings. The fourth-order valence-corrected chi connectivity index (χ4v) is 14.5. The molecule has 1 unspecified atom stereocenters. The van der Waals surface area contributed by atoms with E-state index in [2.05, 4.69) is 156 Å². The van der Waals surface area contributed by atoms with Gasteiger partial charge in [-0.05, 0) is 92.0 Å². The Morgan fingerprint density at radius 2 is 1.10 bits per heavy atom. The Bertz CT molecular complexity index is 3720. The van der Waals surface area contributed by atoms with Crippen LogP contribution in [0.3, 0.4) is 0 Å². The first-order valence-corrected chi connectivity index (χ1v) is 22.0. The monoisotopic (exact) mass is 769 g/mol. The van der Waals surface area contributed by atoms with Crippen LogP contribution in [0, 0.1) is 0 Å². The fraction of sp³-hybridized carbons (Fsp3) is 0.0182. The van der Waals surface area contributed by atoms with Crippen molar-refractivity contribution in [3.05, 3.63) is 216 Å². The molecule has 2 atom stereocenters. The van der Waals surface area contributed by atoms with Crippen molar-refractivity contribution in [3.8, 4) is 39.1 Å². The summed E-state index contributed by atoms with van der Waals surface area (Å²) in [5.41, 5.74) is 16.3. The van der Waals surface area contributed by atoms with Crippen LogP contribution in [0.2, 0.25) is 0 Å². The number of aromatic nitrogens is 1. The summed E-state index contributed by atoms with van der Waals surface area (Å²) in [6, 6.07) is 69.6. The van der Waals surface area contributed by atoms with Crippen LogP contribution in [0.1, 0.15) is 22.3 Å². The van der Waals surface area contributed by atoms with Gasteiger partial charge in [-0.2, -0.15) is 0 Å². The third kappa shape index (κ3) is 3.70. The molecule has 59 heavy (non-hydrogen) atoms. The van der Waals surface area contributed by atoms with E-state index in [1.54, 1.807) is 0 Å². The van der Waals surface area contributed by atoms with Gasteiger partial charge in [-0.3, -0.25) is 0 Å². The van der Waals surface area contributed by atoms with E-state index in [1.165, 1.54) is 55.3 Å². The summed E-state index contributed by atoms with van der Waals surface area (Å²) in [6.07, 6.45) is 0. The van der Waals surface area contributed by atoms with Crippen molar-refractivity contribution in [2.45, 2.75) is 5.41 Å². The Morgan fingerprint density at radius 1 is 0.441 bits per heavy atom. The average molecular weight is 770 g/mol. The minimum Gasteiger partial charge on any atom is -0.456 e. The summed E-state index contributed by atoms with van der Waals surface area (Å²) < 4.78 is 25.2. The zero-order valence-corrected chi connectivity index (χ0v) is 32.6. The minimum atomic E-state index is -3.25. The van der Waals surface area contributed by atoms with Gasteiger partial charge in [-0.15, -0.1) is 0 Å². The van der Waals surface area contributed by atoms with E-state index in [0.717, 1.165) is 65.7 Å². The SMILES string of the molecule is O=[P@@]1(c2ccccc2)c2ccccc2-c2cc3c(cc21)-c1c(-c2cccc4oc5ccccc5c24)cccc1C31c2ccccc2-n2c3ccccc3c3cccc1c32. The molecule has 274 valence electrons. The number of nitrogens with zero attached hydrogens (tertiary/aromatic N) is 1. The largest absolute Gasteiger partial charge is 0.456 e. The van der Waals surface area contributed by atoms with Gasteiger partial charge in [0.25, 0.3) is 0 Å². The van der Waals surface area contributed by atoms with Gasteiger partial charge in [0.05, 0.1) is 22.1 Å². The Labute approximate surface area is 339 Å². The number of rotatable bonds is 2. The molecule has 4 heterocycles. The predicted molar refractivity (Wildman–Crippen MR) is 243 cm³/mol. The number of para-hydroxylation sites is 4. The van der Waals surface area contributed by atoms with Crippen LogP contribution in [0.25, 0.3) is 82.8 Å². The van der Waals surface area contributed by atoms with Crippen LogP contribution in [-0.4, -0.2) is 4.57 Å². The molecule has 0 radical (unpaired) electrons. The van der Waals surface area contributed by atoms with E-state index >= 15 is 4.57 Å². The van der Waals surface area contributed by atoms with Gasteiger partial charge in [0.2, 0.25) is 0 Å². The van der Waals surface area contributed by atoms with E-state index in [4.69, 9.17) is 4.42 Å². The van der Waals surface area contributed by atoms with Crippen molar-refractivity contribution in [3.63, 3.8) is 0 Å². The van der Waals surface area contributed by atoms with Gasteiger partial charge >= 0.3 is 0 Å². The quantitative estimate of drug-likeness (QED) is 0.164. The van der Waals surface area contributed by atoms with Crippen LogP contribution < -0.4 is 15.9 Å². The molecule has 11 aromatic rings. The highest BCUT2D eigenvalue weighted by atomic mass is 31.2. The van der Waals surface area contributed by atoms with Crippen molar-refractivity contribution in [2.24, 2.45) is 0 Å². The van der Waals surface area contributed by atoms with Crippen LogP contribution in [0.15, 0.2) is 199 Å². The maximum atomic E-state index is 16.2. The van der Waals surface area contributed by atoms with Crippen molar-refractivity contribution < 1.29 is 8.98 Å². The maximum absolute atomic E-state index is 16.2. The second-order valence-electron chi connectivity index (χ2n) is 16.2. The Morgan fingerprint density at radius 3 is 2.03 bits per heavy atom. The van der Waals surface area contributed by atoms with E-state index in [9.17, 15) is 0 Å². The van der Waals surface area contributed by atoms with E-state index < -0.39 is 12.6 Å². The summed E-state index contributed by atoms with van der Waals surface area (Å²) in [5.74, 6) is 0. The fourth-order valence-electron chi connectivity index (χ4n) is 11.4. The number of furan rings is 1. The van der Waals surface area contributed by atoms with Crippen molar-refractivity contribution >= 4 is 66.8 Å². The van der Waals surface area contributed by atoms with Gasteiger partial charge in [0.15, 0.2) is 7.14 Å². The molecular weight excluding hydrogens is 738 g/mol. The highest BCUT2D eigenvalue weighted by molar-refractivity contribution is 7.86. The molecule has 1 aliphatic carbocycles. The normalized spacial score (nSPS) is 18.0. The smallest absolute Gasteiger partial charge is 0.172 e. The molecule has 3 aliphatic rings. The van der Waals surface area contributed by atoms with Crippen molar-refractivity contribution in [2.75, 3.05) is 0 Å². The third-order valence-electron chi connectivity index (χ3n) is 13.6. The maximum Gasteiger partial charge on any atom is 0.172 e. The molecule has 9 aromatic carbocycles. The Kier molecular flexibility index (Phi) is 5.96. The molecule has 2 aromatic heterocycles. The lowest BCUT2D eigenvalue weighted by atomic mass is 9.65. The summed E-state index contributed by atoms with van der Waals surface area (Å²) >= 11 is 0. The molecule has 0 amide bonds. The first-order valence-electron chi connectivity index (χ1n) is 20.3. The van der Waals surface area contributed by atoms with Gasteiger partial charge in [-0.1, -0.05) is 158 Å². The van der Waals surface area contributed by atoms with Crippen molar-refractivity contribution in [1.82, 2.24) is 4.57 Å². The molecule has 0 saturated heterocycles. The van der Waals surface area contributed by atoms with Gasteiger partial charge < -0.3 is 13.5 Å². The summed E-state index contributed by atoms with van der Waals surface area (Å²) in [5, 5.41) is 7.37. The molecule has 14 rings (SSSR count). The van der Waals surface area contributed by atoms with Crippen LogP contribution in [0.5, 0.6) is 0 Å². The van der Waals surface area contributed by atoms with Gasteiger partial charge in [0.1, 0.15) is 11.2 Å². The predicted octanol–water partition coefficient (Wildman–Crippen LogP) is 12.6. The number of hydrogen-bond acceptors (Lipinski definition) is 2. The topological polar surface area (TPSA) is 35.1 Å². The number of fused-ring (bicyclic) bond motifs is 18. The average Bonchev–Trinajstić information content (AvgIpc) is 4.01. The van der Waals surface area contributed by atoms with Crippen molar-refractivity contribution in [1.29, 1.82) is 0 Å². The van der Waals surface area contributed by atoms with Crippen LogP contribution in [0.4, 0.5) is 0 Å². The summed E-state index contributed by atoms with van der Waals surface area (Å²) in [7, 11) is -3.25. The van der Waals surface area contributed by atoms with Gasteiger partial charge in [0, 0.05) is 37.5 Å².